The average molecular weight is 318 g/mol. The summed E-state index contributed by atoms with van der Waals surface area (Å²) in [6.45, 7) is -1.51. The van der Waals surface area contributed by atoms with E-state index in [4.69, 9.17) is 0 Å². The van der Waals surface area contributed by atoms with Crippen LogP contribution >= 0.6 is 15.9 Å². The van der Waals surface area contributed by atoms with Crippen LogP contribution in [0.5, 0.6) is 0 Å². The van der Waals surface area contributed by atoms with E-state index in [1.807, 2.05) is 0 Å². The monoisotopic (exact) mass is 317 g/mol. The van der Waals surface area contributed by atoms with Crippen LogP contribution in [0.1, 0.15) is 25.7 Å². The second-order valence-corrected chi connectivity index (χ2v) is 4.79. The number of nitrogens with one attached hydrogen (secondary N) is 1. The molecule has 0 saturated heterocycles. The molecule has 1 aliphatic rings. The SMILES string of the molecule is O=C(CCOCC(F)(F)F)NC1(CBr)CCC1. The predicted octanol–water partition coefficient (Wildman–Crippen LogP) is 2.39. The summed E-state index contributed by atoms with van der Waals surface area (Å²) >= 11 is 3.33. The zero-order valence-electron chi connectivity index (χ0n) is 9.28. The first-order chi connectivity index (χ1) is 7.87. The molecule has 0 aromatic carbocycles. The third kappa shape index (κ3) is 5.25. The molecule has 0 atom stereocenters. The van der Waals surface area contributed by atoms with Crippen LogP contribution in [0.4, 0.5) is 13.2 Å². The van der Waals surface area contributed by atoms with Gasteiger partial charge in [0.05, 0.1) is 6.61 Å². The first-order valence-corrected chi connectivity index (χ1v) is 6.50. The molecule has 1 saturated carbocycles. The Morgan fingerprint density at radius 3 is 2.47 bits per heavy atom. The number of rotatable bonds is 6. The van der Waals surface area contributed by atoms with Gasteiger partial charge in [0, 0.05) is 17.3 Å². The molecule has 0 unspecified atom stereocenters. The number of hydrogen-bond donors (Lipinski definition) is 1. The molecule has 0 heterocycles. The van der Waals surface area contributed by atoms with Gasteiger partial charge in [0.1, 0.15) is 6.61 Å². The Hall–Kier alpha value is -0.300. The van der Waals surface area contributed by atoms with E-state index >= 15 is 0 Å². The van der Waals surface area contributed by atoms with Gasteiger partial charge in [-0.25, -0.2) is 0 Å². The summed E-state index contributed by atoms with van der Waals surface area (Å²) in [4.78, 5) is 11.4. The molecule has 17 heavy (non-hydrogen) atoms. The lowest BCUT2D eigenvalue weighted by atomic mass is 9.78. The number of ether oxygens (including phenoxy) is 1. The van der Waals surface area contributed by atoms with Crippen molar-refractivity contribution in [1.29, 1.82) is 0 Å². The Kier molecular flexibility index (Phi) is 5.24. The molecule has 0 radical (unpaired) electrons. The average Bonchev–Trinajstić information content (AvgIpc) is 2.17. The Balaban J connectivity index is 2.13. The molecule has 3 nitrogen and oxygen atoms in total. The molecule has 0 aliphatic heterocycles. The van der Waals surface area contributed by atoms with Crippen LogP contribution in [0.15, 0.2) is 0 Å². The van der Waals surface area contributed by atoms with Crippen molar-refractivity contribution in [1.82, 2.24) is 5.32 Å². The number of carbonyl (C=O) groups excluding carboxylic acids is 1. The molecule has 100 valence electrons. The first kappa shape index (κ1) is 14.8. The lowest BCUT2D eigenvalue weighted by molar-refractivity contribution is -0.174. The quantitative estimate of drug-likeness (QED) is 0.603. The lowest BCUT2D eigenvalue weighted by Gasteiger charge is -2.41. The maximum atomic E-state index is 11.7. The fourth-order valence-electron chi connectivity index (χ4n) is 1.61. The Labute approximate surface area is 106 Å². The van der Waals surface area contributed by atoms with E-state index < -0.39 is 12.8 Å². The van der Waals surface area contributed by atoms with Gasteiger partial charge >= 0.3 is 6.18 Å². The fraction of sp³-hybridized carbons (Fsp3) is 0.900. The van der Waals surface area contributed by atoms with Crippen molar-refractivity contribution in [3.05, 3.63) is 0 Å². The van der Waals surface area contributed by atoms with Gasteiger partial charge in [-0.3, -0.25) is 4.79 Å². The largest absolute Gasteiger partial charge is 0.411 e. The van der Waals surface area contributed by atoms with E-state index in [-0.39, 0.29) is 24.5 Å². The van der Waals surface area contributed by atoms with Gasteiger partial charge in [-0.15, -0.1) is 0 Å². The molecule has 0 spiro atoms. The highest BCUT2D eigenvalue weighted by Gasteiger charge is 2.37. The molecule has 1 amide bonds. The third-order valence-corrected chi connectivity index (χ3v) is 3.78. The van der Waals surface area contributed by atoms with E-state index in [1.54, 1.807) is 0 Å². The Bertz CT molecular complexity index is 261. The van der Waals surface area contributed by atoms with Gasteiger partial charge in [0.2, 0.25) is 5.91 Å². The summed E-state index contributed by atoms with van der Waals surface area (Å²) in [5.41, 5.74) is -0.193. The molecular formula is C10H15BrF3NO2. The topological polar surface area (TPSA) is 38.3 Å². The van der Waals surface area contributed by atoms with Crippen LogP contribution in [0.2, 0.25) is 0 Å². The second kappa shape index (κ2) is 6.04. The van der Waals surface area contributed by atoms with Crippen molar-refractivity contribution in [2.45, 2.75) is 37.4 Å². The maximum absolute atomic E-state index is 11.7. The Morgan fingerprint density at radius 2 is 2.06 bits per heavy atom. The molecule has 7 heteroatoms. The molecule has 0 bridgehead atoms. The summed E-state index contributed by atoms with van der Waals surface area (Å²) in [5.74, 6) is -0.258. The minimum Gasteiger partial charge on any atom is -0.372 e. The van der Waals surface area contributed by atoms with Crippen molar-refractivity contribution >= 4 is 21.8 Å². The van der Waals surface area contributed by atoms with Gasteiger partial charge in [0.15, 0.2) is 0 Å². The van der Waals surface area contributed by atoms with E-state index in [1.165, 1.54) is 0 Å². The molecule has 1 aliphatic carbocycles. The molecule has 1 N–H and O–H groups in total. The van der Waals surface area contributed by atoms with E-state index in [9.17, 15) is 18.0 Å². The van der Waals surface area contributed by atoms with Crippen molar-refractivity contribution in [3.8, 4) is 0 Å². The third-order valence-electron chi connectivity index (χ3n) is 2.71. The summed E-state index contributed by atoms with van der Waals surface area (Å²) in [7, 11) is 0. The predicted molar refractivity (Wildman–Crippen MR) is 60.0 cm³/mol. The number of amides is 1. The zero-order chi connectivity index (χ0) is 12.9. The summed E-state index contributed by atoms with van der Waals surface area (Å²) in [6.07, 6.45) is -1.48. The number of halogens is 4. The minimum absolute atomic E-state index is 0.0369. The highest BCUT2D eigenvalue weighted by molar-refractivity contribution is 9.09. The van der Waals surface area contributed by atoms with Crippen molar-refractivity contribution in [2.75, 3.05) is 18.5 Å². The van der Waals surface area contributed by atoms with Gasteiger partial charge in [-0.05, 0) is 19.3 Å². The standard InChI is InChI=1S/C10H15BrF3NO2/c11-6-9(3-1-4-9)15-8(16)2-5-17-7-10(12,13)14/h1-7H2,(H,15,16). The van der Waals surface area contributed by atoms with Crippen LogP contribution in [0.25, 0.3) is 0 Å². The van der Waals surface area contributed by atoms with Crippen molar-refractivity contribution < 1.29 is 22.7 Å². The first-order valence-electron chi connectivity index (χ1n) is 5.38. The van der Waals surface area contributed by atoms with Gasteiger partial charge in [-0.2, -0.15) is 13.2 Å². The van der Waals surface area contributed by atoms with Gasteiger partial charge in [-0.1, -0.05) is 15.9 Å². The minimum atomic E-state index is -4.33. The van der Waals surface area contributed by atoms with Crippen LogP contribution in [0.3, 0.4) is 0 Å². The van der Waals surface area contributed by atoms with E-state index in [0.717, 1.165) is 19.3 Å². The van der Waals surface area contributed by atoms with Crippen molar-refractivity contribution in [2.24, 2.45) is 0 Å². The smallest absolute Gasteiger partial charge is 0.372 e. The summed E-state index contributed by atoms with van der Waals surface area (Å²) in [5, 5.41) is 3.51. The van der Waals surface area contributed by atoms with Crippen LogP contribution < -0.4 is 5.32 Å². The van der Waals surface area contributed by atoms with Gasteiger partial charge < -0.3 is 10.1 Å². The number of carbonyl (C=O) groups is 1. The van der Waals surface area contributed by atoms with E-state index in [0.29, 0.717) is 5.33 Å². The maximum Gasteiger partial charge on any atom is 0.411 e. The van der Waals surface area contributed by atoms with Crippen LogP contribution in [-0.2, 0) is 9.53 Å². The summed E-state index contributed by atoms with van der Waals surface area (Å²) in [6, 6.07) is 0. The lowest BCUT2D eigenvalue weighted by Crippen LogP contribution is -2.55. The highest BCUT2D eigenvalue weighted by Crippen LogP contribution is 2.33. The van der Waals surface area contributed by atoms with E-state index in [2.05, 4.69) is 26.0 Å². The fourth-order valence-corrected chi connectivity index (χ4v) is 2.31. The molecule has 0 aromatic rings. The molecular weight excluding hydrogens is 303 g/mol. The Morgan fingerprint density at radius 1 is 1.41 bits per heavy atom. The normalized spacial score (nSPS) is 18.6. The molecule has 0 aromatic heterocycles. The van der Waals surface area contributed by atoms with Crippen LogP contribution in [0, 0.1) is 0 Å². The number of alkyl halides is 4. The summed E-state index contributed by atoms with van der Waals surface area (Å²) < 4.78 is 39.6. The van der Waals surface area contributed by atoms with Gasteiger partial charge in [0.25, 0.3) is 0 Å². The zero-order valence-corrected chi connectivity index (χ0v) is 10.9. The molecule has 1 rings (SSSR count). The molecule has 1 fully saturated rings. The highest BCUT2D eigenvalue weighted by atomic mass is 79.9. The second-order valence-electron chi connectivity index (χ2n) is 4.23. The number of hydrogen-bond acceptors (Lipinski definition) is 2. The van der Waals surface area contributed by atoms with Crippen LogP contribution in [-0.4, -0.2) is 36.2 Å². The van der Waals surface area contributed by atoms with Crippen molar-refractivity contribution in [3.63, 3.8) is 0 Å².